The van der Waals surface area contributed by atoms with E-state index in [2.05, 4.69) is 33.3 Å². The van der Waals surface area contributed by atoms with Crippen molar-refractivity contribution in [2.24, 2.45) is 15.9 Å². The van der Waals surface area contributed by atoms with Crippen molar-refractivity contribution in [1.82, 2.24) is 15.2 Å². The Balaban J connectivity index is 1.93. The van der Waals surface area contributed by atoms with Gasteiger partial charge in [0.25, 0.3) is 0 Å². The number of H-pyrrole nitrogens is 1. The fourth-order valence-corrected chi connectivity index (χ4v) is 2.10. The average Bonchev–Trinajstić information content (AvgIpc) is 2.88. The van der Waals surface area contributed by atoms with Crippen LogP contribution in [-0.2, 0) is 6.42 Å². The van der Waals surface area contributed by atoms with Crippen molar-refractivity contribution in [3.63, 3.8) is 0 Å². The number of aromatic amines is 1. The second-order valence-corrected chi connectivity index (χ2v) is 5.25. The molecule has 0 amide bonds. The van der Waals surface area contributed by atoms with Crippen molar-refractivity contribution in [2.75, 3.05) is 14.1 Å². The largest absolute Gasteiger partial charge is 0.365 e. The molecule has 2 N–H and O–H groups in total. The fourth-order valence-electron chi connectivity index (χ4n) is 2.10. The van der Waals surface area contributed by atoms with Crippen LogP contribution >= 0.6 is 0 Å². The Labute approximate surface area is 114 Å². The zero-order valence-electron chi connectivity index (χ0n) is 12.1. The van der Waals surface area contributed by atoms with Crippen LogP contribution in [0.1, 0.15) is 26.0 Å². The molecule has 1 aromatic rings. The van der Waals surface area contributed by atoms with E-state index in [1.807, 2.05) is 38.2 Å². The SMILES string of the molecule is CC1N=C(C(C)CCc2ccc[nH]2)NC(N(C)C)=N1. The maximum atomic E-state index is 4.60. The lowest BCUT2D eigenvalue weighted by Crippen LogP contribution is -2.46. The summed E-state index contributed by atoms with van der Waals surface area (Å²) in [7, 11) is 3.98. The number of aryl methyl sites for hydroxylation is 1. The lowest BCUT2D eigenvalue weighted by Gasteiger charge is -2.26. The first kappa shape index (κ1) is 13.6. The van der Waals surface area contributed by atoms with Gasteiger partial charge in [-0.2, -0.15) is 0 Å². The van der Waals surface area contributed by atoms with Crippen molar-refractivity contribution in [2.45, 2.75) is 32.9 Å². The predicted molar refractivity (Wildman–Crippen MR) is 79.4 cm³/mol. The van der Waals surface area contributed by atoms with Crippen LogP contribution in [0, 0.1) is 5.92 Å². The number of guanidine groups is 1. The summed E-state index contributed by atoms with van der Waals surface area (Å²) in [4.78, 5) is 14.3. The lowest BCUT2D eigenvalue weighted by atomic mass is 10.0. The topological polar surface area (TPSA) is 55.8 Å². The van der Waals surface area contributed by atoms with Gasteiger partial charge in [0.1, 0.15) is 12.0 Å². The summed E-state index contributed by atoms with van der Waals surface area (Å²) >= 11 is 0. The third-order valence-electron chi connectivity index (χ3n) is 3.27. The average molecular weight is 261 g/mol. The number of hydrogen-bond donors (Lipinski definition) is 2. The van der Waals surface area contributed by atoms with Gasteiger partial charge in [-0.05, 0) is 31.9 Å². The Morgan fingerprint density at radius 3 is 2.79 bits per heavy atom. The summed E-state index contributed by atoms with van der Waals surface area (Å²) in [6.07, 6.45) is 4.08. The van der Waals surface area contributed by atoms with Crippen molar-refractivity contribution >= 4 is 11.8 Å². The van der Waals surface area contributed by atoms with Crippen LogP contribution in [0.4, 0.5) is 0 Å². The van der Waals surface area contributed by atoms with Crippen LogP contribution in [-0.4, -0.2) is 41.9 Å². The summed E-state index contributed by atoms with van der Waals surface area (Å²) in [5.41, 5.74) is 1.28. The second-order valence-electron chi connectivity index (χ2n) is 5.25. The van der Waals surface area contributed by atoms with Crippen LogP contribution in [0.3, 0.4) is 0 Å². The van der Waals surface area contributed by atoms with Crippen LogP contribution in [0.2, 0.25) is 0 Å². The zero-order chi connectivity index (χ0) is 13.8. The second kappa shape index (κ2) is 5.91. The molecular weight excluding hydrogens is 238 g/mol. The smallest absolute Gasteiger partial charge is 0.201 e. The van der Waals surface area contributed by atoms with E-state index in [1.165, 1.54) is 5.69 Å². The highest BCUT2D eigenvalue weighted by atomic mass is 15.3. The molecule has 0 bridgehead atoms. The van der Waals surface area contributed by atoms with E-state index in [4.69, 9.17) is 0 Å². The molecule has 2 atom stereocenters. The highest BCUT2D eigenvalue weighted by Gasteiger charge is 2.19. The Morgan fingerprint density at radius 2 is 2.16 bits per heavy atom. The maximum absolute atomic E-state index is 4.60. The maximum Gasteiger partial charge on any atom is 0.201 e. The molecule has 0 saturated heterocycles. The molecule has 1 aliphatic rings. The van der Waals surface area contributed by atoms with E-state index in [9.17, 15) is 0 Å². The Hall–Kier alpha value is -1.78. The van der Waals surface area contributed by atoms with E-state index in [0.29, 0.717) is 5.92 Å². The third-order valence-corrected chi connectivity index (χ3v) is 3.27. The number of rotatable bonds is 4. The van der Waals surface area contributed by atoms with Gasteiger partial charge < -0.3 is 15.2 Å². The Bertz CT molecular complexity index is 458. The normalized spacial score (nSPS) is 20.3. The van der Waals surface area contributed by atoms with E-state index in [-0.39, 0.29) is 6.17 Å². The monoisotopic (exact) mass is 261 g/mol. The molecule has 0 aliphatic carbocycles. The summed E-state index contributed by atoms with van der Waals surface area (Å²) < 4.78 is 0. The lowest BCUT2D eigenvalue weighted by molar-refractivity contribution is 0.567. The molecule has 5 heteroatoms. The number of aliphatic imine (C=N–C) groups is 2. The molecule has 2 heterocycles. The molecule has 0 fully saturated rings. The van der Waals surface area contributed by atoms with E-state index < -0.39 is 0 Å². The molecule has 2 unspecified atom stereocenters. The standard InChI is InChI=1S/C14H23N5/c1-10(7-8-12-6-5-9-15-12)13-16-11(2)17-14(18-13)19(3)4/h5-6,9-11,15H,7-8H2,1-4H3,(H,16,17,18). The number of hydrogen-bond acceptors (Lipinski definition) is 4. The van der Waals surface area contributed by atoms with Gasteiger partial charge in [0.2, 0.25) is 5.96 Å². The quantitative estimate of drug-likeness (QED) is 0.869. The van der Waals surface area contributed by atoms with Crippen molar-refractivity contribution in [3.8, 4) is 0 Å². The van der Waals surface area contributed by atoms with Gasteiger partial charge in [0.15, 0.2) is 0 Å². The van der Waals surface area contributed by atoms with Crippen molar-refractivity contribution in [1.29, 1.82) is 0 Å². The minimum Gasteiger partial charge on any atom is -0.365 e. The molecular formula is C14H23N5. The Kier molecular flexibility index (Phi) is 4.24. The number of aromatic nitrogens is 1. The number of amidine groups is 1. The molecule has 0 saturated carbocycles. The summed E-state index contributed by atoms with van der Waals surface area (Å²) in [5.74, 6) is 2.33. The van der Waals surface area contributed by atoms with Gasteiger partial charge >= 0.3 is 0 Å². The minimum atomic E-state index is 0.00147. The first-order valence-corrected chi connectivity index (χ1v) is 6.78. The highest BCUT2D eigenvalue weighted by molar-refractivity contribution is 6.01. The van der Waals surface area contributed by atoms with E-state index in [0.717, 1.165) is 24.6 Å². The van der Waals surface area contributed by atoms with Crippen molar-refractivity contribution < 1.29 is 0 Å². The van der Waals surface area contributed by atoms with Crippen LogP contribution in [0.5, 0.6) is 0 Å². The molecule has 104 valence electrons. The predicted octanol–water partition coefficient (Wildman–Crippen LogP) is 1.85. The van der Waals surface area contributed by atoms with Gasteiger partial charge in [0.05, 0.1) is 0 Å². The molecule has 1 aliphatic heterocycles. The van der Waals surface area contributed by atoms with E-state index >= 15 is 0 Å². The number of nitrogens with one attached hydrogen (secondary N) is 2. The van der Waals surface area contributed by atoms with Gasteiger partial charge in [-0.15, -0.1) is 0 Å². The number of nitrogens with zero attached hydrogens (tertiary/aromatic N) is 3. The minimum absolute atomic E-state index is 0.00147. The molecule has 0 aromatic carbocycles. The molecule has 2 rings (SSSR count). The molecule has 19 heavy (non-hydrogen) atoms. The molecule has 5 nitrogen and oxygen atoms in total. The third kappa shape index (κ3) is 3.59. The van der Waals surface area contributed by atoms with E-state index in [1.54, 1.807) is 0 Å². The fraction of sp³-hybridized carbons (Fsp3) is 0.571. The highest BCUT2D eigenvalue weighted by Crippen LogP contribution is 2.12. The zero-order valence-corrected chi connectivity index (χ0v) is 12.1. The van der Waals surface area contributed by atoms with Crippen LogP contribution in [0.15, 0.2) is 28.3 Å². The molecule has 0 radical (unpaired) electrons. The van der Waals surface area contributed by atoms with Gasteiger partial charge in [-0.3, -0.25) is 0 Å². The Morgan fingerprint density at radius 1 is 1.37 bits per heavy atom. The van der Waals surface area contributed by atoms with Crippen LogP contribution < -0.4 is 5.32 Å². The van der Waals surface area contributed by atoms with Gasteiger partial charge in [-0.1, -0.05) is 6.92 Å². The van der Waals surface area contributed by atoms with Crippen molar-refractivity contribution in [3.05, 3.63) is 24.0 Å². The summed E-state index contributed by atoms with van der Waals surface area (Å²) in [6.45, 7) is 4.22. The van der Waals surface area contributed by atoms with Gasteiger partial charge in [0, 0.05) is 31.9 Å². The van der Waals surface area contributed by atoms with Gasteiger partial charge in [-0.25, -0.2) is 9.98 Å². The van der Waals surface area contributed by atoms with Crippen LogP contribution in [0.25, 0.3) is 0 Å². The summed E-state index contributed by atoms with van der Waals surface area (Å²) in [5, 5.41) is 3.33. The first-order chi connectivity index (χ1) is 9.06. The molecule has 1 aromatic heterocycles. The summed E-state index contributed by atoms with van der Waals surface area (Å²) in [6, 6.07) is 4.16. The first-order valence-electron chi connectivity index (χ1n) is 6.78. The molecule has 0 spiro atoms.